The van der Waals surface area contributed by atoms with Crippen LogP contribution in [0.1, 0.15) is 47.4 Å². The van der Waals surface area contributed by atoms with Crippen LogP contribution in [0.3, 0.4) is 0 Å². The van der Waals surface area contributed by atoms with Gasteiger partial charge in [0.2, 0.25) is 0 Å². The van der Waals surface area contributed by atoms with Crippen LogP contribution in [0.2, 0.25) is 0 Å². The lowest BCUT2D eigenvalue weighted by Crippen LogP contribution is -2.44. The molecule has 2 heterocycles. The van der Waals surface area contributed by atoms with Crippen LogP contribution < -0.4 is 10.6 Å². The summed E-state index contributed by atoms with van der Waals surface area (Å²) < 4.78 is 2.48. The maximum Gasteiger partial charge on any atom is 0.131 e. The molecule has 0 spiro atoms. The van der Waals surface area contributed by atoms with Gasteiger partial charge in [-0.25, -0.2) is 4.99 Å². The number of para-hydroxylation sites is 1. The molecule has 2 aliphatic rings. The van der Waals surface area contributed by atoms with Crippen molar-refractivity contribution in [1.82, 2.24) is 15.2 Å². The van der Waals surface area contributed by atoms with Crippen LogP contribution in [-0.2, 0) is 0 Å². The van der Waals surface area contributed by atoms with Gasteiger partial charge < -0.3 is 9.88 Å². The number of amidine groups is 1. The van der Waals surface area contributed by atoms with Crippen molar-refractivity contribution < 1.29 is 0 Å². The Hall–Kier alpha value is -6.75. The van der Waals surface area contributed by atoms with Crippen LogP contribution in [-0.4, -0.2) is 10.4 Å². The van der Waals surface area contributed by atoms with Gasteiger partial charge in [0.15, 0.2) is 0 Å². The molecule has 0 bridgehead atoms. The van der Waals surface area contributed by atoms with Crippen LogP contribution in [0.5, 0.6) is 0 Å². The molecule has 1 aromatic heterocycles. The summed E-state index contributed by atoms with van der Waals surface area (Å²) >= 11 is 0. The van der Waals surface area contributed by atoms with E-state index in [1.165, 1.54) is 70.8 Å². The minimum Gasteiger partial charge on any atom is -0.350 e. The maximum absolute atomic E-state index is 5.33. The van der Waals surface area contributed by atoms with E-state index in [4.69, 9.17) is 4.99 Å². The monoisotopic (exact) mass is 706 g/mol. The molecular weight excluding hydrogens is 669 g/mol. The van der Waals surface area contributed by atoms with Crippen LogP contribution in [0.15, 0.2) is 187 Å². The predicted molar refractivity (Wildman–Crippen MR) is 231 cm³/mol. The Morgan fingerprint density at radius 3 is 2.16 bits per heavy atom. The highest BCUT2D eigenvalue weighted by atomic mass is 15.3. The van der Waals surface area contributed by atoms with E-state index in [1.807, 2.05) is 0 Å². The van der Waals surface area contributed by atoms with Crippen molar-refractivity contribution in [3.63, 3.8) is 0 Å². The Morgan fingerprint density at radius 1 is 0.564 bits per heavy atom. The Labute approximate surface area is 319 Å². The van der Waals surface area contributed by atoms with E-state index < -0.39 is 0 Å². The van der Waals surface area contributed by atoms with Gasteiger partial charge in [-0.05, 0) is 74.8 Å². The highest BCUT2D eigenvalue weighted by molar-refractivity contribution is 6.36. The second kappa shape index (κ2) is 13.0. The first-order valence-electron chi connectivity index (χ1n) is 19.3. The SMILES string of the molecule is C1=CCCC(c2ccc(C3NC(c4ccccc4)=NC(c4cccc(-n5c6ccccc6c6c7c8ccccc8ccc7c7ccccc7c65)c4)N3)cc2)=C1. The number of aliphatic imine (C=N–C) groups is 1. The summed E-state index contributed by atoms with van der Waals surface area (Å²) in [6, 6.07) is 59.6. The van der Waals surface area contributed by atoms with Gasteiger partial charge in [-0.1, -0.05) is 164 Å². The van der Waals surface area contributed by atoms with Crippen molar-refractivity contribution in [1.29, 1.82) is 0 Å². The van der Waals surface area contributed by atoms with Crippen molar-refractivity contribution in [2.45, 2.75) is 25.2 Å². The molecular formula is C51H38N4. The lowest BCUT2D eigenvalue weighted by Gasteiger charge is -2.32. The molecule has 1 aliphatic heterocycles. The number of aromatic nitrogens is 1. The topological polar surface area (TPSA) is 41.4 Å². The van der Waals surface area contributed by atoms with Crippen molar-refractivity contribution in [2.75, 3.05) is 0 Å². The zero-order chi connectivity index (χ0) is 36.3. The number of fused-ring (bicyclic) bond motifs is 10. The first kappa shape index (κ1) is 31.7. The average molecular weight is 707 g/mol. The van der Waals surface area contributed by atoms with Crippen molar-refractivity contribution in [3.05, 3.63) is 204 Å². The van der Waals surface area contributed by atoms with E-state index in [9.17, 15) is 0 Å². The third-order valence-corrected chi connectivity index (χ3v) is 11.5. The van der Waals surface area contributed by atoms with Crippen molar-refractivity contribution in [3.8, 4) is 5.69 Å². The lowest BCUT2D eigenvalue weighted by atomic mass is 9.93. The largest absolute Gasteiger partial charge is 0.350 e. The van der Waals surface area contributed by atoms with Gasteiger partial charge in [0, 0.05) is 32.8 Å². The molecule has 2 N–H and O–H groups in total. The minimum absolute atomic E-state index is 0.132. The first-order valence-corrected chi connectivity index (χ1v) is 19.3. The first-order chi connectivity index (χ1) is 27.3. The highest BCUT2D eigenvalue weighted by Gasteiger charge is 2.27. The van der Waals surface area contributed by atoms with E-state index >= 15 is 0 Å². The predicted octanol–water partition coefficient (Wildman–Crippen LogP) is 12.3. The molecule has 262 valence electrons. The molecule has 0 saturated heterocycles. The molecule has 0 amide bonds. The molecule has 1 aliphatic carbocycles. The number of benzene rings is 8. The zero-order valence-electron chi connectivity index (χ0n) is 30.3. The van der Waals surface area contributed by atoms with Crippen LogP contribution in [0, 0.1) is 0 Å². The second-order valence-electron chi connectivity index (χ2n) is 14.7. The molecule has 8 aromatic carbocycles. The van der Waals surface area contributed by atoms with Crippen LogP contribution in [0.25, 0.3) is 65.4 Å². The number of hydrogen-bond donors (Lipinski definition) is 2. The quantitative estimate of drug-likeness (QED) is 0.175. The lowest BCUT2D eigenvalue weighted by molar-refractivity contribution is 0.409. The van der Waals surface area contributed by atoms with E-state index in [-0.39, 0.29) is 12.3 Å². The fourth-order valence-corrected chi connectivity index (χ4v) is 8.92. The molecule has 55 heavy (non-hydrogen) atoms. The molecule has 0 fully saturated rings. The van der Waals surface area contributed by atoms with Crippen LogP contribution in [0.4, 0.5) is 0 Å². The van der Waals surface area contributed by atoms with Crippen molar-refractivity contribution in [2.24, 2.45) is 4.99 Å². The third kappa shape index (κ3) is 5.29. The summed E-state index contributed by atoms with van der Waals surface area (Å²) in [6.07, 6.45) is 8.41. The van der Waals surface area contributed by atoms with Gasteiger partial charge in [-0.15, -0.1) is 0 Å². The Morgan fingerprint density at radius 2 is 1.33 bits per heavy atom. The molecule has 2 atom stereocenters. The molecule has 4 nitrogen and oxygen atoms in total. The van der Waals surface area contributed by atoms with Gasteiger partial charge in [-0.2, -0.15) is 0 Å². The molecule has 0 saturated carbocycles. The smallest absolute Gasteiger partial charge is 0.131 e. The summed E-state index contributed by atoms with van der Waals surface area (Å²) in [5.74, 6) is 0.880. The number of hydrogen-bond acceptors (Lipinski definition) is 3. The normalized spacial score (nSPS) is 17.2. The standard InChI is InChI=1S/C51H38N4/c1-3-14-33(15-4-1)34-26-28-37(29-27-34)50-52-49(36-17-5-2-6-18-36)53-51(54-50)38-19-13-20-39(32-38)55-45-25-12-11-24-44(45)47-46-40-21-8-7-16-35(40)30-31-42(46)41-22-9-10-23-43(41)48(47)55/h1-3,5-14,16-32,50-51,54H,4,15H2,(H,52,53). The zero-order valence-corrected chi connectivity index (χ0v) is 30.3. The summed E-state index contributed by atoms with van der Waals surface area (Å²) in [4.78, 5) is 5.33. The number of rotatable bonds is 5. The number of allylic oxidation sites excluding steroid dienone is 4. The molecule has 9 aromatic rings. The maximum atomic E-state index is 5.33. The Bertz CT molecular complexity index is 3040. The van der Waals surface area contributed by atoms with Gasteiger partial charge in [-0.3, -0.25) is 5.32 Å². The van der Waals surface area contributed by atoms with Gasteiger partial charge in [0.25, 0.3) is 0 Å². The van der Waals surface area contributed by atoms with Gasteiger partial charge >= 0.3 is 0 Å². The van der Waals surface area contributed by atoms with E-state index in [0.717, 1.165) is 35.5 Å². The molecule has 11 rings (SSSR count). The Balaban J connectivity index is 1.09. The van der Waals surface area contributed by atoms with Crippen LogP contribution >= 0.6 is 0 Å². The summed E-state index contributed by atoms with van der Waals surface area (Å²) in [5.41, 5.74) is 9.55. The number of nitrogens with one attached hydrogen (secondary N) is 2. The fraction of sp³-hybridized carbons (Fsp3) is 0.0784. The third-order valence-electron chi connectivity index (χ3n) is 11.5. The highest BCUT2D eigenvalue weighted by Crippen LogP contribution is 2.45. The van der Waals surface area contributed by atoms with Gasteiger partial charge in [0.05, 0.1) is 11.0 Å². The minimum atomic E-state index is -0.276. The molecule has 0 radical (unpaired) electrons. The van der Waals surface area contributed by atoms with E-state index in [1.54, 1.807) is 0 Å². The average Bonchev–Trinajstić information content (AvgIpc) is 3.62. The summed E-state index contributed by atoms with van der Waals surface area (Å²) in [5, 5.41) is 17.8. The van der Waals surface area contributed by atoms with E-state index in [0.29, 0.717) is 0 Å². The van der Waals surface area contributed by atoms with E-state index in [2.05, 4.69) is 197 Å². The van der Waals surface area contributed by atoms with Crippen molar-refractivity contribution >= 4 is 65.5 Å². The number of nitrogens with zero attached hydrogens (tertiary/aromatic N) is 2. The molecule has 4 heteroatoms. The van der Waals surface area contributed by atoms with Gasteiger partial charge in [0.1, 0.15) is 18.2 Å². The molecule has 2 unspecified atom stereocenters. The summed E-state index contributed by atoms with van der Waals surface area (Å²) in [6.45, 7) is 0. The second-order valence-corrected chi connectivity index (χ2v) is 14.7. The Kier molecular flexibility index (Phi) is 7.49. The summed E-state index contributed by atoms with van der Waals surface area (Å²) in [7, 11) is 0. The fourth-order valence-electron chi connectivity index (χ4n) is 8.92.